The number of rotatable bonds is 4. The van der Waals surface area contributed by atoms with Gasteiger partial charge in [0, 0.05) is 12.6 Å². The third-order valence-corrected chi connectivity index (χ3v) is 5.59. The average Bonchev–Trinajstić information content (AvgIpc) is 3.06. The van der Waals surface area contributed by atoms with Gasteiger partial charge in [-0.05, 0) is 48.7 Å². The molecule has 2 aromatic rings. The van der Waals surface area contributed by atoms with Crippen LogP contribution in [0.4, 0.5) is 0 Å². The van der Waals surface area contributed by atoms with E-state index in [-0.39, 0.29) is 11.2 Å². The summed E-state index contributed by atoms with van der Waals surface area (Å²) in [4.78, 5) is 14.1. The Morgan fingerprint density at radius 3 is 2.71 bits per heavy atom. The fourth-order valence-electron chi connectivity index (χ4n) is 2.88. The zero-order valence-corrected chi connectivity index (χ0v) is 14.2. The number of hydrogen-bond donors (Lipinski definition) is 0. The Kier molecular flexibility index (Phi) is 4.61. The number of carbonyl (C=O) groups excluding carboxylic acids is 1. The van der Waals surface area contributed by atoms with Crippen molar-refractivity contribution in [1.29, 1.82) is 0 Å². The van der Waals surface area contributed by atoms with Crippen LogP contribution in [-0.4, -0.2) is 57.8 Å². The lowest BCUT2D eigenvalue weighted by Gasteiger charge is -2.33. The molecule has 0 N–H and O–H groups in total. The minimum atomic E-state index is -3.93. The maximum Gasteiger partial charge on any atom is 0.272 e. The summed E-state index contributed by atoms with van der Waals surface area (Å²) in [5.41, 5.74) is 0.528. The molecule has 24 heavy (non-hydrogen) atoms. The number of aromatic nitrogens is 4. The first-order valence-electron chi connectivity index (χ1n) is 7.85. The molecule has 2 heterocycles. The molecule has 1 aliphatic heterocycles. The van der Waals surface area contributed by atoms with Crippen LogP contribution in [0.2, 0.25) is 0 Å². The van der Waals surface area contributed by atoms with Crippen molar-refractivity contribution in [2.45, 2.75) is 37.4 Å². The summed E-state index contributed by atoms with van der Waals surface area (Å²) in [5, 5.41) is 10.5. The van der Waals surface area contributed by atoms with Gasteiger partial charge in [-0.2, -0.15) is 4.68 Å². The highest BCUT2D eigenvalue weighted by atomic mass is 32.2. The summed E-state index contributed by atoms with van der Waals surface area (Å²) >= 11 is 0. The van der Waals surface area contributed by atoms with Crippen molar-refractivity contribution in [3.8, 4) is 5.69 Å². The predicted octanol–water partition coefficient (Wildman–Crippen LogP) is 0.837. The maximum atomic E-state index is 12.6. The van der Waals surface area contributed by atoms with E-state index in [9.17, 15) is 13.2 Å². The van der Waals surface area contributed by atoms with Crippen LogP contribution in [0.15, 0.2) is 35.5 Å². The fourth-order valence-corrected chi connectivity index (χ4v) is 4.07. The number of hydrogen-bond acceptors (Lipinski definition) is 6. The molecule has 1 unspecified atom stereocenters. The summed E-state index contributed by atoms with van der Waals surface area (Å²) in [7, 11) is -3.93. The van der Waals surface area contributed by atoms with Crippen molar-refractivity contribution in [2.75, 3.05) is 12.3 Å². The number of amides is 1. The van der Waals surface area contributed by atoms with E-state index in [0.717, 1.165) is 23.9 Å². The van der Waals surface area contributed by atoms with Gasteiger partial charge in [-0.1, -0.05) is 23.3 Å². The summed E-state index contributed by atoms with van der Waals surface area (Å²) in [5.74, 6) is -1.02. The zero-order chi connectivity index (χ0) is 17.2. The number of sulfone groups is 1. The topological polar surface area (TPSA) is 98.1 Å². The fraction of sp³-hybridized carbons (Fsp3) is 0.467. The van der Waals surface area contributed by atoms with Crippen LogP contribution in [-0.2, 0) is 14.6 Å². The van der Waals surface area contributed by atoms with Crippen LogP contribution in [0.5, 0.6) is 0 Å². The number of tetrazole rings is 1. The van der Waals surface area contributed by atoms with Gasteiger partial charge in [0.05, 0.1) is 5.69 Å². The molecule has 0 radical (unpaired) electrons. The molecule has 3 rings (SSSR count). The normalized spacial score (nSPS) is 18.5. The Balaban J connectivity index is 1.84. The van der Waals surface area contributed by atoms with Crippen LogP contribution in [0, 0.1) is 0 Å². The highest BCUT2D eigenvalue weighted by molar-refractivity contribution is 7.91. The van der Waals surface area contributed by atoms with Crippen molar-refractivity contribution < 1.29 is 13.2 Å². The standard InChI is InChI=1S/C15H19N5O3S/c1-12-7-5-6-10-19(12)14(21)11-24(22,23)15-16-17-18-20(15)13-8-3-2-4-9-13/h2-4,8-9,12H,5-7,10-11H2,1H3. The monoisotopic (exact) mass is 349 g/mol. The predicted molar refractivity (Wildman–Crippen MR) is 86.2 cm³/mol. The third-order valence-electron chi connectivity index (χ3n) is 4.16. The van der Waals surface area contributed by atoms with E-state index in [1.807, 2.05) is 13.0 Å². The third kappa shape index (κ3) is 3.30. The maximum absolute atomic E-state index is 12.6. The number of carbonyl (C=O) groups is 1. The first-order valence-corrected chi connectivity index (χ1v) is 9.50. The SMILES string of the molecule is CC1CCCCN1C(=O)CS(=O)(=O)c1nnnn1-c1ccccc1. The zero-order valence-electron chi connectivity index (χ0n) is 13.4. The highest BCUT2D eigenvalue weighted by Crippen LogP contribution is 2.19. The molecule has 1 aromatic heterocycles. The van der Waals surface area contributed by atoms with Gasteiger partial charge in [0.25, 0.3) is 5.16 Å². The van der Waals surface area contributed by atoms with Crippen molar-refractivity contribution in [3.63, 3.8) is 0 Å². The molecular weight excluding hydrogens is 330 g/mol. The van der Waals surface area contributed by atoms with Gasteiger partial charge in [-0.15, -0.1) is 0 Å². The summed E-state index contributed by atoms with van der Waals surface area (Å²) in [6.45, 7) is 2.54. The molecule has 9 heteroatoms. The number of likely N-dealkylation sites (tertiary alicyclic amines) is 1. The first-order chi connectivity index (χ1) is 11.5. The summed E-state index contributed by atoms with van der Waals surface area (Å²) in [6.07, 6.45) is 2.86. The molecule has 1 aromatic carbocycles. The van der Waals surface area contributed by atoms with Gasteiger partial charge in [-0.3, -0.25) is 4.79 Å². The van der Waals surface area contributed by atoms with Gasteiger partial charge < -0.3 is 4.90 Å². The molecule has 0 bridgehead atoms. The largest absolute Gasteiger partial charge is 0.339 e. The van der Waals surface area contributed by atoms with Gasteiger partial charge in [-0.25, -0.2) is 8.42 Å². The molecule has 1 atom stereocenters. The van der Waals surface area contributed by atoms with Crippen molar-refractivity contribution in [1.82, 2.24) is 25.1 Å². The lowest BCUT2D eigenvalue weighted by Crippen LogP contribution is -2.44. The lowest BCUT2D eigenvalue weighted by atomic mass is 10.0. The van der Waals surface area contributed by atoms with Crippen LogP contribution < -0.4 is 0 Å². The molecule has 1 saturated heterocycles. The molecular formula is C15H19N5O3S. The Hall–Kier alpha value is -2.29. The van der Waals surface area contributed by atoms with Crippen molar-refractivity contribution >= 4 is 15.7 Å². The summed E-state index contributed by atoms with van der Waals surface area (Å²) < 4.78 is 26.4. The number of piperidine rings is 1. The number of nitrogens with zero attached hydrogens (tertiary/aromatic N) is 5. The molecule has 0 saturated carbocycles. The van der Waals surface area contributed by atoms with Gasteiger partial charge >= 0.3 is 0 Å². The Bertz CT molecular complexity index is 819. The molecule has 1 amide bonds. The van der Waals surface area contributed by atoms with E-state index >= 15 is 0 Å². The average molecular weight is 349 g/mol. The lowest BCUT2D eigenvalue weighted by molar-refractivity contribution is -0.131. The van der Waals surface area contributed by atoms with Gasteiger partial charge in [0.2, 0.25) is 15.7 Å². The van der Waals surface area contributed by atoms with Crippen LogP contribution in [0.3, 0.4) is 0 Å². The Morgan fingerprint density at radius 2 is 2.00 bits per heavy atom. The second-order valence-corrected chi connectivity index (χ2v) is 7.78. The molecule has 1 aliphatic rings. The van der Waals surface area contributed by atoms with Gasteiger partial charge in [0.15, 0.2) is 0 Å². The van der Waals surface area contributed by atoms with E-state index in [1.54, 1.807) is 29.2 Å². The van der Waals surface area contributed by atoms with E-state index in [2.05, 4.69) is 15.5 Å². The van der Waals surface area contributed by atoms with E-state index in [4.69, 9.17) is 0 Å². The number of para-hydroxylation sites is 1. The highest BCUT2D eigenvalue weighted by Gasteiger charge is 2.31. The minimum Gasteiger partial charge on any atom is -0.339 e. The van der Waals surface area contributed by atoms with Crippen molar-refractivity contribution in [2.24, 2.45) is 0 Å². The second kappa shape index (κ2) is 6.68. The first kappa shape index (κ1) is 16.6. The van der Waals surface area contributed by atoms with Gasteiger partial charge in [0.1, 0.15) is 5.75 Å². The molecule has 0 spiro atoms. The molecule has 8 nitrogen and oxygen atoms in total. The van der Waals surface area contributed by atoms with E-state index in [1.165, 1.54) is 0 Å². The number of benzene rings is 1. The molecule has 1 fully saturated rings. The Labute approximate surface area is 140 Å². The molecule has 0 aliphatic carbocycles. The van der Waals surface area contributed by atoms with E-state index < -0.39 is 21.5 Å². The van der Waals surface area contributed by atoms with Crippen molar-refractivity contribution in [3.05, 3.63) is 30.3 Å². The smallest absolute Gasteiger partial charge is 0.272 e. The minimum absolute atomic E-state index is 0.0616. The quantitative estimate of drug-likeness (QED) is 0.811. The van der Waals surface area contributed by atoms with Crippen LogP contribution in [0.1, 0.15) is 26.2 Å². The van der Waals surface area contributed by atoms with Crippen LogP contribution >= 0.6 is 0 Å². The second-order valence-electron chi connectivity index (χ2n) is 5.90. The van der Waals surface area contributed by atoms with E-state index in [0.29, 0.717) is 12.2 Å². The Morgan fingerprint density at radius 1 is 1.25 bits per heavy atom. The van der Waals surface area contributed by atoms with Crippen LogP contribution in [0.25, 0.3) is 5.69 Å². The molecule has 128 valence electrons. The summed E-state index contributed by atoms with van der Waals surface area (Å²) in [6, 6.07) is 8.78.